The number of hydrogen-bond acceptors (Lipinski definition) is 0. The zero-order valence-corrected chi connectivity index (χ0v) is 34.5. The molecule has 0 fully saturated rings. The van der Waals surface area contributed by atoms with Crippen LogP contribution < -0.4 is 0 Å². The van der Waals surface area contributed by atoms with E-state index < -0.39 is 22.3 Å². The molecular formula is C44H42Cl4Zr-2. The van der Waals surface area contributed by atoms with Crippen LogP contribution in [0.25, 0.3) is 22.3 Å². The molecule has 0 spiro atoms. The molecule has 0 saturated heterocycles. The summed E-state index contributed by atoms with van der Waals surface area (Å²) in [7, 11) is 0. The maximum atomic E-state index is 5.84. The molecule has 0 unspecified atom stereocenters. The molecule has 0 aromatic heterocycles. The van der Waals surface area contributed by atoms with E-state index in [2.05, 4.69) is 122 Å². The third-order valence-electron chi connectivity index (χ3n) is 9.26. The first kappa shape index (κ1) is 39.4. The van der Waals surface area contributed by atoms with Crippen LogP contribution in [-0.2, 0) is 39.5 Å². The summed E-state index contributed by atoms with van der Waals surface area (Å²) in [5.74, 6) is 0. The molecule has 4 aliphatic rings. The zero-order chi connectivity index (χ0) is 33.3. The second-order valence-electron chi connectivity index (χ2n) is 13.8. The summed E-state index contributed by atoms with van der Waals surface area (Å²) in [4.78, 5) is 0. The average molecular weight is 804 g/mol. The van der Waals surface area contributed by atoms with Gasteiger partial charge in [-0.2, -0.15) is 11.6 Å². The largest absolute Gasteiger partial charge is 0.273 e. The molecular weight excluding hydrogens is 762 g/mol. The Balaban J connectivity index is 0.000000196. The van der Waals surface area contributed by atoms with E-state index in [0.29, 0.717) is 0 Å². The number of fused-ring (bicyclic) bond motifs is 5. The van der Waals surface area contributed by atoms with Crippen LogP contribution >= 0.6 is 48.0 Å². The van der Waals surface area contributed by atoms with Gasteiger partial charge in [-0.15, -0.1) is 42.9 Å². The molecule has 5 heteroatoms. The quantitative estimate of drug-likeness (QED) is 0.156. The van der Waals surface area contributed by atoms with Crippen molar-refractivity contribution < 1.29 is 22.3 Å². The van der Waals surface area contributed by atoms with Gasteiger partial charge in [0.15, 0.2) is 0 Å². The van der Waals surface area contributed by atoms with Crippen molar-refractivity contribution in [3.8, 4) is 11.1 Å². The van der Waals surface area contributed by atoms with Crippen LogP contribution in [0.1, 0.15) is 92.5 Å². The third kappa shape index (κ3) is 8.93. The Bertz CT molecular complexity index is 1890. The van der Waals surface area contributed by atoms with E-state index in [1.807, 2.05) is 36.4 Å². The summed E-state index contributed by atoms with van der Waals surface area (Å²) in [6.07, 6.45) is 17.1. The van der Waals surface area contributed by atoms with Crippen molar-refractivity contribution in [1.29, 1.82) is 0 Å². The maximum absolute atomic E-state index is 5.84. The molecule has 0 radical (unpaired) electrons. The Morgan fingerprint density at radius 3 is 1.71 bits per heavy atom. The first-order valence-electron chi connectivity index (χ1n) is 16.2. The number of benzene rings is 4. The van der Waals surface area contributed by atoms with Gasteiger partial charge in [-0.3, -0.25) is 12.2 Å². The van der Waals surface area contributed by atoms with Gasteiger partial charge in [-0.25, -0.2) is 17.7 Å². The number of allylic oxidation sites excluding steroid dienone is 8. The van der Waals surface area contributed by atoms with Crippen molar-refractivity contribution in [2.75, 3.05) is 0 Å². The van der Waals surface area contributed by atoms with Gasteiger partial charge in [0.25, 0.3) is 0 Å². The molecule has 0 aliphatic heterocycles. The van der Waals surface area contributed by atoms with Crippen LogP contribution in [-0.4, -0.2) is 7.42 Å². The van der Waals surface area contributed by atoms with Gasteiger partial charge in [-0.1, -0.05) is 58.2 Å². The molecule has 0 amide bonds. The molecule has 0 nitrogen and oxygen atoms in total. The van der Waals surface area contributed by atoms with E-state index in [-0.39, 0.29) is 35.6 Å². The Kier molecular flexibility index (Phi) is 13.1. The normalized spacial score (nSPS) is 15.6. The molecule has 0 N–H and O–H groups in total. The van der Waals surface area contributed by atoms with Crippen molar-refractivity contribution in [3.63, 3.8) is 0 Å². The van der Waals surface area contributed by atoms with Crippen LogP contribution in [0.2, 0.25) is 10.0 Å². The fourth-order valence-corrected chi connectivity index (χ4v) is 9.32. The minimum Gasteiger partial charge on any atom is -0.273 e. The standard InChI is InChI=1S/C25H25.2C7H5Cl.C5H5.2ClH.Zr/c1-14-12-24(3,4)22-8-16-7-17-9-23-19(15(2)13-25(23,5)6)11-21(17)20(16)10-18(14)22;2*1-6-2-4-7(8)5-3-6;1-2-4-5-3-1;;;/h8-12H,7H2,1-6H3;2*1-5H;1-3H,4H2;2*1H;/q-1;;;-1;;;. The van der Waals surface area contributed by atoms with Gasteiger partial charge in [0.1, 0.15) is 0 Å². The Morgan fingerprint density at radius 1 is 0.694 bits per heavy atom. The Labute approximate surface area is 326 Å². The van der Waals surface area contributed by atoms with Gasteiger partial charge in [-0.05, 0) is 58.4 Å². The fourth-order valence-electron chi connectivity index (χ4n) is 6.97. The molecule has 4 aromatic carbocycles. The smallest absolute Gasteiger partial charge is 0.109 e. The summed E-state index contributed by atoms with van der Waals surface area (Å²) in [5.41, 5.74) is 17.1. The van der Waals surface area contributed by atoms with Gasteiger partial charge < -0.3 is 0 Å². The fraction of sp³-hybridized carbons (Fsp3) is 0.227. The first-order chi connectivity index (χ1) is 22.4. The summed E-state index contributed by atoms with van der Waals surface area (Å²) >= 11 is 11.0. The van der Waals surface area contributed by atoms with Gasteiger partial charge in [0.05, 0.1) is 0 Å². The molecule has 252 valence electrons. The summed E-state index contributed by atoms with van der Waals surface area (Å²) in [6, 6.07) is 25.7. The number of halogens is 4. The molecule has 4 aromatic rings. The van der Waals surface area contributed by atoms with E-state index in [1.165, 1.54) is 66.8 Å². The van der Waals surface area contributed by atoms with Crippen molar-refractivity contribution in [2.45, 2.75) is 65.2 Å². The average Bonchev–Trinajstić information content (AvgIpc) is 3.81. The molecule has 0 saturated carbocycles. The minimum atomic E-state index is -0.623. The zero-order valence-electron chi connectivity index (χ0n) is 28.9. The predicted octanol–water partition coefficient (Wildman–Crippen LogP) is 12.7. The van der Waals surface area contributed by atoms with Crippen molar-refractivity contribution in [2.24, 2.45) is 0 Å². The predicted molar refractivity (Wildman–Crippen MR) is 216 cm³/mol. The second kappa shape index (κ2) is 16.3. The van der Waals surface area contributed by atoms with E-state index >= 15 is 0 Å². The first-order valence-corrected chi connectivity index (χ1v) is 19.8. The molecule has 0 bridgehead atoms. The topological polar surface area (TPSA) is 0 Å². The van der Waals surface area contributed by atoms with E-state index in [1.54, 1.807) is 0 Å². The Morgan fingerprint density at radius 2 is 1.22 bits per heavy atom. The molecule has 0 heterocycles. The van der Waals surface area contributed by atoms with Crippen LogP contribution in [0.4, 0.5) is 0 Å². The van der Waals surface area contributed by atoms with Crippen molar-refractivity contribution in [1.82, 2.24) is 0 Å². The number of rotatable bonds is 2. The summed E-state index contributed by atoms with van der Waals surface area (Å²) in [6.45, 7) is 13.7. The third-order valence-corrected chi connectivity index (χ3v) is 12.2. The molecule has 49 heavy (non-hydrogen) atoms. The van der Waals surface area contributed by atoms with Crippen molar-refractivity contribution >= 4 is 66.6 Å². The molecule has 8 rings (SSSR count). The monoisotopic (exact) mass is 800 g/mol. The van der Waals surface area contributed by atoms with E-state index in [9.17, 15) is 0 Å². The molecule has 4 aliphatic carbocycles. The summed E-state index contributed by atoms with van der Waals surface area (Å²) in [5, 5.41) is 1.57. The van der Waals surface area contributed by atoms with Gasteiger partial charge in [0.2, 0.25) is 0 Å². The molecule has 0 atom stereocenters. The van der Waals surface area contributed by atoms with Crippen LogP contribution in [0.3, 0.4) is 0 Å². The summed E-state index contributed by atoms with van der Waals surface area (Å²) < 4.78 is 4.66. The van der Waals surface area contributed by atoms with E-state index in [0.717, 1.165) is 22.9 Å². The van der Waals surface area contributed by atoms with Gasteiger partial charge in [0, 0.05) is 5.41 Å². The van der Waals surface area contributed by atoms with Crippen LogP contribution in [0, 0.1) is 12.2 Å². The van der Waals surface area contributed by atoms with Crippen LogP contribution in [0.15, 0.2) is 97.1 Å². The second-order valence-corrected chi connectivity index (χ2v) is 16.9. The minimum absolute atomic E-state index is 0. The number of hydrogen-bond donors (Lipinski definition) is 0. The maximum Gasteiger partial charge on any atom is -0.109 e. The van der Waals surface area contributed by atoms with Crippen LogP contribution in [0.5, 0.6) is 0 Å². The van der Waals surface area contributed by atoms with E-state index in [4.69, 9.17) is 23.2 Å². The van der Waals surface area contributed by atoms with Crippen molar-refractivity contribution in [3.05, 3.63) is 164 Å². The SMILES string of the molecule is CC1=[C-]C(C)(C)c2cc3c(cc21)-c1cc2c(cc1C3)C(C)(C)C=C2C.Cl.Cl.Clc1ccc([CH]=[Zr]=[CH]c2ccc(Cl)cc2)cc1.[C-]1=CC=CC1. The van der Waals surface area contributed by atoms with Gasteiger partial charge >= 0.3 is 123 Å². The Hall–Kier alpha value is -2.38.